The fourth-order valence-electron chi connectivity index (χ4n) is 2.30. The molecule has 110 valence electrons. The van der Waals surface area contributed by atoms with Crippen LogP contribution in [-0.2, 0) is 0 Å². The molecule has 1 aliphatic heterocycles. The molecule has 1 aromatic heterocycles. The van der Waals surface area contributed by atoms with E-state index in [1.54, 1.807) is 0 Å². The third kappa shape index (κ3) is 3.78. The molecule has 1 saturated heterocycles. The van der Waals surface area contributed by atoms with Crippen LogP contribution in [0.4, 0.5) is 11.5 Å². The monoisotopic (exact) mass is 300 g/mol. The van der Waals surface area contributed by atoms with Gasteiger partial charge < -0.3 is 10.0 Å². The number of hydrogen-bond donors (Lipinski definition) is 1. The fourth-order valence-corrected chi connectivity index (χ4v) is 2.50. The van der Waals surface area contributed by atoms with Crippen LogP contribution in [0, 0.1) is 10.1 Å². The van der Waals surface area contributed by atoms with Gasteiger partial charge in [-0.25, -0.2) is 4.98 Å². The lowest BCUT2D eigenvalue weighted by molar-refractivity contribution is -0.384. The summed E-state index contributed by atoms with van der Waals surface area (Å²) in [6.45, 7) is 3.97. The Morgan fingerprint density at radius 3 is 2.85 bits per heavy atom. The Balaban J connectivity index is 2.13. The van der Waals surface area contributed by atoms with Crippen molar-refractivity contribution in [2.45, 2.75) is 6.42 Å². The molecule has 0 bridgehead atoms. The lowest BCUT2D eigenvalue weighted by atomic mass is 10.3. The minimum absolute atomic E-state index is 0.0449. The highest BCUT2D eigenvalue weighted by molar-refractivity contribution is 6.29. The van der Waals surface area contributed by atoms with Crippen LogP contribution in [0.15, 0.2) is 12.1 Å². The largest absolute Gasteiger partial charge is 0.395 e. The van der Waals surface area contributed by atoms with E-state index in [0.29, 0.717) is 18.9 Å². The Labute approximate surface area is 121 Å². The van der Waals surface area contributed by atoms with E-state index >= 15 is 0 Å². The van der Waals surface area contributed by atoms with Gasteiger partial charge in [0.25, 0.3) is 5.69 Å². The van der Waals surface area contributed by atoms with E-state index in [-0.39, 0.29) is 17.4 Å². The summed E-state index contributed by atoms with van der Waals surface area (Å²) in [5, 5.41) is 20.0. The number of halogens is 1. The normalized spacial score (nSPS) is 17.0. The highest BCUT2D eigenvalue weighted by atomic mass is 35.5. The van der Waals surface area contributed by atoms with E-state index in [9.17, 15) is 10.1 Å². The van der Waals surface area contributed by atoms with E-state index in [2.05, 4.69) is 9.88 Å². The summed E-state index contributed by atoms with van der Waals surface area (Å²) in [4.78, 5) is 18.7. The quantitative estimate of drug-likeness (QED) is 0.510. The van der Waals surface area contributed by atoms with Crippen molar-refractivity contribution in [2.75, 3.05) is 44.2 Å². The predicted molar refractivity (Wildman–Crippen MR) is 76.3 cm³/mol. The third-order valence-corrected chi connectivity index (χ3v) is 3.50. The molecule has 0 saturated carbocycles. The number of rotatable bonds is 4. The summed E-state index contributed by atoms with van der Waals surface area (Å²) in [6, 6.07) is 2.70. The van der Waals surface area contributed by atoms with Crippen molar-refractivity contribution in [3.05, 3.63) is 27.4 Å². The van der Waals surface area contributed by atoms with Crippen LogP contribution in [0.5, 0.6) is 0 Å². The second-order valence-electron chi connectivity index (χ2n) is 4.67. The first-order valence-corrected chi connectivity index (χ1v) is 6.88. The van der Waals surface area contributed by atoms with Gasteiger partial charge in [0.15, 0.2) is 0 Å². The average Bonchev–Trinajstić information content (AvgIpc) is 2.64. The van der Waals surface area contributed by atoms with Crippen molar-refractivity contribution in [3.8, 4) is 0 Å². The van der Waals surface area contributed by atoms with Crippen LogP contribution in [0.1, 0.15) is 6.42 Å². The molecule has 0 spiro atoms. The van der Waals surface area contributed by atoms with E-state index in [1.165, 1.54) is 12.1 Å². The van der Waals surface area contributed by atoms with Gasteiger partial charge in [-0.05, 0) is 13.0 Å². The molecule has 20 heavy (non-hydrogen) atoms. The van der Waals surface area contributed by atoms with E-state index in [0.717, 1.165) is 26.1 Å². The molecule has 0 atom stereocenters. The molecule has 1 aliphatic rings. The maximum absolute atomic E-state index is 10.9. The maximum atomic E-state index is 10.9. The van der Waals surface area contributed by atoms with Gasteiger partial charge in [-0.3, -0.25) is 15.0 Å². The summed E-state index contributed by atoms with van der Waals surface area (Å²) in [5.41, 5.74) is -0.0449. The van der Waals surface area contributed by atoms with Gasteiger partial charge in [0, 0.05) is 26.2 Å². The number of anilines is 1. The van der Waals surface area contributed by atoms with Crippen LogP contribution < -0.4 is 4.90 Å². The van der Waals surface area contributed by atoms with Gasteiger partial charge in [-0.15, -0.1) is 0 Å². The fraction of sp³-hybridized carbons (Fsp3) is 0.583. The molecule has 0 amide bonds. The number of pyridine rings is 1. The van der Waals surface area contributed by atoms with Gasteiger partial charge >= 0.3 is 0 Å². The molecule has 8 heteroatoms. The lowest BCUT2D eigenvalue weighted by Gasteiger charge is -2.22. The molecule has 1 N–H and O–H groups in total. The summed E-state index contributed by atoms with van der Waals surface area (Å²) in [7, 11) is 0. The highest BCUT2D eigenvalue weighted by Gasteiger charge is 2.18. The first-order chi connectivity index (χ1) is 9.60. The second-order valence-corrected chi connectivity index (χ2v) is 5.06. The van der Waals surface area contributed by atoms with Gasteiger partial charge in [0.05, 0.1) is 23.7 Å². The molecular weight excluding hydrogens is 284 g/mol. The van der Waals surface area contributed by atoms with Gasteiger partial charge in [0.1, 0.15) is 11.0 Å². The molecule has 0 aliphatic carbocycles. The standard InChI is InChI=1S/C12H17ClN4O3/c13-11-8-10(17(19)20)9-12(14-11)16-3-1-2-15(4-5-16)6-7-18/h8-9,18H,1-7H2. The topological polar surface area (TPSA) is 82.7 Å². The SMILES string of the molecule is O=[N+]([O-])c1cc(Cl)nc(N2CCCN(CCO)CC2)c1. The van der Waals surface area contributed by atoms with Crippen molar-refractivity contribution in [1.29, 1.82) is 0 Å². The summed E-state index contributed by atoms with van der Waals surface area (Å²) in [5.74, 6) is 0.537. The van der Waals surface area contributed by atoms with Gasteiger partial charge in [-0.2, -0.15) is 0 Å². The first kappa shape index (κ1) is 15.0. The second kappa shape index (κ2) is 6.83. The number of β-amino-alcohol motifs (C(OH)–C–C–N with tert-alkyl or cyclic N) is 1. The first-order valence-electron chi connectivity index (χ1n) is 6.50. The molecule has 0 radical (unpaired) electrons. The number of aliphatic hydroxyl groups is 1. The van der Waals surface area contributed by atoms with Crippen molar-refractivity contribution in [1.82, 2.24) is 9.88 Å². The number of nitrogens with zero attached hydrogens (tertiary/aromatic N) is 4. The Hall–Kier alpha value is -1.44. The molecule has 1 fully saturated rings. The number of aliphatic hydroxyl groups excluding tert-OH is 1. The number of hydrogen-bond acceptors (Lipinski definition) is 6. The van der Waals surface area contributed by atoms with Gasteiger partial charge in [0.2, 0.25) is 0 Å². The molecule has 7 nitrogen and oxygen atoms in total. The van der Waals surface area contributed by atoms with E-state index < -0.39 is 4.92 Å². The zero-order valence-corrected chi connectivity index (χ0v) is 11.8. The van der Waals surface area contributed by atoms with Crippen molar-refractivity contribution in [3.63, 3.8) is 0 Å². The molecule has 0 aromatic carbocycles. The smallest absolute Gasteiger partial charge is 0.276 e. The van der Waals surface area contributed by atoms with Crippen molar-refractivity contribution >= 4 is 23.1 Å². The van der Waals surface area contributed by atoms with E-state index in [1.807, 2.05) is 4.90 Å². The molecular formula is C12H17ClN4O3. The lowest BCUT2D eigenvalue weighted by Crippen LogP contribution is -2.32. The van der Waals surface area contributed by atoms with Crippen molar-refractivity contribution < 1.29 is 10.0 Å². The predicted octanol–water partition coefficient (Wildman–Crippen LogP) is 1.15. The zero-order valence-electron chi connectivity index (χ0n) is 11.0. The van der Waals surface area contributed by atoms with Gasteiger partial charge in [-0.1, -0.05) is 11.6 Å². The van der Waals surface area contributed by atoms with Crippen LogP contribution in [0.25, 0.3) is 0 Å². The summed E-state index contributed by atoms with van der Waals surface area (Å²) < 4.78 is 0. The molecule has 2 heterocycles. The van der Waals surface area contributed by atoms with E-state index in [4.69, 9.17) is 16.7 Å². The highest BCUT2D eigenvalue weighted by Crippen LogP contribution is 2.24. The minimum Gasteiger partial charge on any atom is -0.395 e. The molecule has 2 rings (SSSR count). The molecule has 1 aromatic rings. The van der Waals surface area contributed by atoms with Crippen LogP contribution >= 0.6 is 11.6 Å². The average molecular weight is 301 g/mol. The van der Waals surface area contributed by atoms with Crippen LogP contribution in [-0.4, -0.2) is 59.2 Å². The minimum atomic E-state index is -0.465. The molecule has 0 unspecified atom stereocenters. The third-order valence-electron chi connectivity index (χ3n) is 3.30. The maximum Gasteiger partial charge on any atom is 0.276 e. The van der Waals surface area contributed by atoms with Crippen LogP contribution in [0.3, 0.4) is 0 Å². The van der Waals surface area contributed by atoms with Crippen LogP contribution in [0.2, 0.25) is 5.15 Å². The Morgan fingerprint density at radius 1 is 1.35 bits per heavy atom. The zero-order chi connectivity index (χ0) is 14.5. The summed E-state index contributed by atoms with van der Waals surface area (Å²) in [6.07, 6.45) is 0.919. The number of aromatic nitrogens is 1. The number of nitro groups is 1. The van der Waals surface area contributed by atoms with Crippen molar-refractivity contribution in [2.24, 2.45) is 0 Å². The summed E-state index contributed by atoms with van der Waals surface area (Å²) >= 11 is 5.85. The Morgan fingerprint density at radius 2 is 2.15 bits per heavy atom. The Bertz CT molecular complexity index is 486. The Kier molecular flexibility index (Phi) is 5.11.